The molecule has 1 aliphatic heterocycles. The van der Waals surface area contributed by atoms with Crippen molar-refractivity contribution < 1.29 is 8.83 Å². The number of hydrogen-bond donors (Lipinski definition) is 1. The van der Waals surface area contributed by atoms with E-state index in [0.717, 1.165) is 88.8 Å². The van der Waals surface area contributed by atoms with Crippen LogP contribution in [0.2, 0.25) is 0 Å². The van der Waals surface area contributed by atoms with Crippen molar-refractivity contribution in [3.63, 3.8) is 0 Å². The summed E-state index contributed by atoms with van der Waals surface area (Å²) in [4.78, 5) is 10.6. The van der Waals surface area contributed by atoms with Crippen molar-refractivity contribution in [2.75, 3.05) is 0 Å². The van der Waals surface area contributed by atoms with Gasteiger partial charge in [0.25, 0.3) is 0 Å². The molecule has 0 bridgehead atoms. The minimum absolute atomic E-state index is 0.521. The van der Waals surface area contributed by atoms with E-state index in [4.69, 9.17) is 18.8 Å². The maximum atomic E-state index is 6.55. The lowest BCUT2D eigenvalue weighted by atomic mass is 9.96. The summed E-state index contributed by atoms with van der Waals surface area (Å²) in [6, 6.07) is 61.6. The molecule has 1 unspecified atom stereocenters. The number of rotatable bonds is 4. The molecule has 5 heteroatoms. The first-order chi connectivity index (χ1) is 27.7. The number of fused-ring (bicyclic) bond motifs is 10. The molecule has 11 aromatic rings. The minimum atomic E-state index is -0.521. The Morgan fingerprint density at radius 1 is 0.375 bits per heavy atom. The fourth-order valence-electron chi connectivity index (χ4n) is 8.62. The zero-order valence-corrected chi connectivity index (χ0v) is 30.0. The predicted octanol–water partition coefficient (Wildman–Crippen LogP) is 13.1. The fraction of sp³-hybridized carbons (Fsp3) is 0.0196. The van der Waals surface area contributed by atoms with Crippen LogP contribution in [0.25, 0.3) is 87.3 Å². The lowest BCUT2D eigenvalue weighted by Crippen LogP contribution is -2.36. The minimum Gasteiger partial charge on any atom is -0.456 e. The highest BCUT2D eigenvalue weighted by molar-refractivity contribution is 6.19. The van der Waals surface area contributed by atoms with Crippen molar-refractivity contribution in [1.82, 2.24) is 5.32 Å². The Kier molecular flexibility index (Phi) is 6.63. The second kappa shape index (κ2) is 12.0. The summed E-state index contributed by atoms with van der Waals surface area (Å²) >= 11 is 0. The van der Waals surface area contributed by atoms with Crippen LogP contribution in [0.15, 0.2) is 195 Å². The largest absolute Gasteiger partial charge is 0.456 e. The first-order valence-corrected chi connectivity index (χ1v) is 18.9. The normalized spacial score (nSPS) is 14.6. The molecule has 0 aliphatic carbocycles. The van der Waals surface area contributed by atoms with Gasteiger partial charge in [-0.05, 0) is 85.9 Å². The van der Waals surface area contributed by atoms with Gasteiger partial charge in [-0.2, -0.15) is 0 Å². The van der Waals surface area contributed by atoms with Crippen LogP contribution in [0, 0.1) is 0 Å². The van der Waals surface area contributed by atoms with E-state index in [9.17, 15) is 0 Å². The lowest BCUT2D eigenvalue weighted by Gasteiger charge is -2.23. The molecule has 9 aromatic carbocycles. The van der Waals surface area contributed by atoms with Gasteiger partial charge >= 0.3 is 0 Å². The number of nitrogens with zero attached hydrogens (tertiary/aromatic N) is 2. The Labute approximate surface area is 320 Å². The van der Waals surface area contributed by atoms with E-state index in [2.05, 4.69) is 151 Å². The summed E-state index contributed by atoms with van der Waals surface area (Å²) in [5, 5.41) is 15.0. The van der Waals surface area contributed by atoms with Crippen LogP contribution >= 0.6 is 0 Å². The zero-order chi connectivity index (χ0) is 36.7. The molecule has 0 saturated heterocycles. The molecule has 0 spiro atoms. The number of amidine groups is 2. The number of furan rings is 2. The van der Waals surface area contributed by atoms with Crippen molar-refractivity contribution in [2.24, 2.45) is 9.98 Å². The van der Waals surface area contributed by atoms with Crippen molar-refractivity contribution in [3.05, 3.63) is 193 Å². The summed E-state index contributed by atoms with van der Waals surface area (Å²) in [5.41, 5.74) is 8.55. The van der Waals surface area contributed by atoms with Gasteiger partial charge in [-0.3, -0.25) is 0 Å². The standard InChI is InChI=1S/C51H31N3O2/c1-2-11-32(12-3-1)49-52-50(36-23-22-31-21-20-30-10-6-7-15-37(30)40(31)28-36)54-51(53-49)39-17-9-19-45-48(39)41-27-35(24-25-43(41)55-45)38-16-8-18-44-47(38)42-26-33-13-4-5-14-34(33)29-46(42)56-44/h1-29,51H,(H,52,53,54). The van der Waals surface area contributed by atoms with Crippen LogP contribution in [0.3, 0.4) is 0 Å². The summed E-state index contributed by atoms with van der Waals surface area (Å²) in [7, 11) is 0. The predicted molar refractivity (Wildman–Crippen MR) is 231 cm³/mol. The van der Waals surface area contributed by atoms with Gasteiger partial charge in [-0.1, -0.05) is 133 Å². The third-order valence-corrected chi connectivity index (χ3v) is 11.3. The zero-order valence-electron chi connectivity index (χ0n) is 30.0. The quantitative estimate of drug-likeness (QED) is 0.184. The topological polar surface area (TPSA) is 63.0 Å². The average molecular weight is 718 g/mol. The van der Waals surface area contributed by atoms with E-state index in [1.165, 1.54) is 26.9 Å². The molecule has 0 amide bonds. The molecule has 1 atom stereocenters. The van der Waals surface area contributed by atoms with Crippen LogP contribution < -0.4 is 5.32 Å². The van der Waals surface area contributed by atoms with Crippen molar-refractivity contribution in [2.45, 2.75) is 6.17 Å². The highest BCUT2D eigenvalue weighted by atomic mass is 16.3. The molecular weight excluding hydrogens is 687 g/mol. The summed E-state index contributed by atoms with van der Waals surface area (Å²) in [6.45, 7) is 0. The Morgan fingerprint density at radius 3 is 1.86 bits per heavy atom. The van der Waals surface area contributed by atoms with Gasteiger partial charge in [0.1, 0.15) is 34.0 Å². The van der Waals surface area contributed by atoms with Crippen LogP contribution in [0.1, 0.15) is 22.9 Å². The van der Waals surface area contributed by atoms with Gasteiger partial charge in [-0.15, -0.1) is 0 Å². The fourth-order valence-corrected chi connectivity index (χ4v) is 8.62. The molecule has 56 heavy (non-hydrogen) atoms. The van der Waals surface area contributed by atoms with Gasteiger partial charge < -0.3 is 14.2 Å². The molecule has 262 valence electrons. The Hall–Kier alpha value is -7.50. The molecule has 3 heterocycles. The highest BCUT2D eigenvalue weighted by Crippen LogP contribution is 2.42. The van der Waals surface area contributed by atoms with Crippen LogP contribution in [0.5, 0.6) is 0 Å². The van der Waals surface area contributed by atoms with E-state index >= 15 is 0 Å². The highest BCUT2D eigenvalue weighted by Gasteiger charge is 2.25. The molecule has 12 rings (SSSR count). The van der Waals surface area contributed by atoms with Crippen LogP contribution in [0.4, 0.5) is 0 Å². The van der Waals surface area contributed by atoms with Gasteiger partial charge in [0.05, 0.1) is 0 Å². The Bertz CT molecular complexity index is 3460. The molecule has 0 radical (unpaired) electrons. The van der Waals surface area contributed by atoms with Crippen LogP contribution in [-0.2, 0) is 0 Å². The monoisotopic (exact) mass is 717 g/mol. The van der Waals surface area contributed by atoms with Crippen molar-refractivity contribution in [1.29, 1.82) is 0 Å². The number of benzene rings is 9. The molecule has 0 fully saturated rings. The molecule has 1 aliphatic rings. The number of hydrogen-bond acceptors (Lipinski definition) is 5. The van der Waals surface area contributed by atoms with Gasteiger partial charge in [0.15, 0.2) is 6.17 Å². The van der Waals surface area contributed by atoms with E-state index in [0.29, 0.717) is 0 Å². The third-order valence-electron chi connectivity index (χ3n) is 11.3. The second-order valence-electron chi connectivity index (χ2n) is 14.6. The van der Waals surface area contributed by atoms with E-state index in [-0.39, 0.29) is 0 Å². The smallest absolute Gasteiger partial charge is 0.170 e. The maximum Gasteiger partial charge on any atom is 0.170 e. The average Bonchev–Trinajstić information content (AvgIpc) is 3.83. The summed E-state index contributed by atoms with van der Waals surface area (Å²) in [5.74, 6) is 1.55. The first kappa shape index (κ1) is 30.9. The lowest BCUT2D eigenvalue weighted by molar-refractivity contribution is 0.667. The van der Waals surface area contributed by atoms with E-state index in [1.807, 2.05) is 30.3 Å². The van der Waals surface area contributed by atoms with Gasteiger partial charge in [0.2, 0.25) is 0 Å². The van der Waals surface area contributed by atoms with Gasteiger partial charge in [-0.25, -0.2) is 9.98 Å². The second-order valence-corrected chi connectivity index (χ2v) is 14.6. The van der Waals surface area contributed by atoms with Crippen LogP contribution in [-0.4, -0.2) is 11.7 Å². The van der Waals surface area contributed by atoms with Crippen molar-refractivity contribution in [3.8, 4) is 11.1 Å². The van der Waals surface area contributed by atoms with E-state index in [1.54, 1.807) is 0 Å². The maximum absolute atomic E-state index is 6.55. The van der Waals surface area contributed by atoms with Gasteiger partial charge in [0, 0.05) is 38.2 Å². The summed E-state index contributed by atoms with van der Waals surface area (Å²) < 4.78 is 13.0. The third kappa shape index (κ3) is 4.81. The molecule has 0 saturated carbocycles. The first-order valence-electron chi connectivity index (χ1n) is 18.9. The van der Waals surface area contributed by atoms with Crippen molar-refractivity contribution >= 4 is 87.9 Å². The summed E-state index contributed by atoms with van der Waals surface area (Å²) in [6.07, 6.45) is -0.521. The molecular formula is C51H31N3O2. The SMILES string of the molecule is c1ccc(C2=NC(c3cccc4oc5ccc(-c6cccc7oc8cc9ccccc9cc8c67)cc5c34)N=C(c3ccc4ccc5ccccc5c4c3)N2)cc1. The molecule has 1 N–H and O–H groups in total. The van der Waals surface area contributed by atoms with E-state index < -0.39 is 6.17 Å². The number of nitrogens with one attached hydrogen (secondary N) is 1. The Balaban J connectivity index is 1.05. The number of aliphatic imine (C=N–C) groups is 2. The molecule has 2 aromatic heterocycles. The Morgan fingerprint density at radius 2 is 1.00 bits per heavy atom. The molecule has 5 nitrogen and oxygen atoms in total.